The van der Waals surface area contributed by atoms with Crippen LogP contribution in [-0.4, -0.2) is 23.6 Å². The third kappa shape index (κ3) is 13.9. The van der Waals surface area contributed by atoms with E-state index in [4.69, 9.17) is 4.74 Å². The van der Waals surface area contributed by atoms with Crippen molar-refractivity contribution >= 4 is 17.7 Å². The predicted octanol–water partition coefficient (Wildman–Crippen LogP) is 7.69. The number of carbonyl (C=O) groups excluding carboxylic acids is 1. The first-order chi connectivity index (χ1) is 12.8. The zero-order valence-corrected chi connectivity index (χ0v) is 18.4. The van der Waals surface area contributed by atoms with Crippen molar-refractivity contribution < 1.29 is 9.53 Å². The van der Waals surface area contributed by atoms with Gasteiger partial charge in [-0.25, -0.2) is 0 Å². The molecule has 0 aromatic heterocycles. The Bertz CT molecular complexity index is 332. The van der Waals surface area contributed by atoms with Crippen LogP contribution in [0.4, 0.5) is 0 Å². The highest BCUT2D eigenvalue weighted by Crippen LogP contribution is 2.47. The summed E-state index contributed by atoms with van der Waals surface area (Å²) in [5, 5.41) is 1.73. The Morgan fingerprint density at radius 3 is 1.58 bits per heavy atom. The fourth-order valence-corrected chi connectivity index (χ4v) is 5.01. The highest BCUT2D eigenvalue weighted by molar-refractivity contribution is 8.07. The van der Waals surface area contributed by atoms with Gasteiger partial charge in [0, 0.05) is 16.9 Å². The van der Waals surface area contributed by atoms with Crippen LogP contribution >= 0.6 is 11.8 Å². The van der Waals surface area contributed by atoms with E-state index in [1.165, 1.54) is 110 Å². The molecule has 1 saturated heterocycles. The molecule has 0 aromatic carbocycles. The van der Waals surface area contributed by atoms with Gasteiger partial charge in [0.2, 0.25) is 0 Å². The number of carbonyl (C=O) groups is 1. The van der Waals surface area contributed by atoms with Crippen molar-refractivity contribution in [1.29, 1.82) is 0 Å². The molecule has 2 unspecified atom stereocenters. The number of unbranched alkanes of at least 4 members (excludes halogenated alkanes) is 13. The number of hydrogen-bond acceptors (Lipinski definition) is 3. The molecule has 0 spiro atoms. The summed E-state index contributed by atoms with van der Waals surface area (Å²) >= 11 is 2.13. The normalized spacial score (nSPS) is 18.8. The Morgan fingerprint density at radius 1 is 0.692 bits per heavy atom. The number of hydrogen-bond donors (Lipinski definition) is 0. The van der Waals surface area contributed by atoms with Gasteiger partial charge in [-0.1, -0.05) is 96.8 Å². The van der Waals surface area contributed by atoms with Gasteiger partial charge in [0.1, 0.15) is 0 Å². The van der Waals surface area contributed by atoms with Crippen LogP contribution < -0.4 is 0 Å². The van der Waals surface area contributed by atoms with Gasteiger partial charge in [-0.3, -0.25) is 4.79 Å². The van der Waals surface area contributed by atoms with Gasteiger partial charge in [0.05, 0.1) is 7.11 Å². The fourth-order valence-electron chi connectivity index (χ4n) is 3.78. The van der Waals surface area contributed by atoms with Crippen molar-refractivity contribution in [2.75, 3.05) is 7.11 Å². The Balaban J connectivity index is 1.71. The summed E-state index contributed by atoms with van der Waals surface area (Å²) in [6.45, 7) is 2.29. The summed E-state index contributed by atoms with van der Waals surface area (Å²) in [5.41, 5.74) is 0. The minimum Gasteiger partial charge on any atom is -0.469 e. The van der Waals surface area contributed by atoms with Crippen molar-refractivity contribution in [3.63, 3.8) is 0 Å². The molecule has 0 radical (unpaired) electrons. The maximum atomic E-state index is 11.1. The number of rotatable bonds is 19. The first-order valence-electron chi connectivity index (χ1n) is 11.5. The quantitative estimate of drug-likeness (QED) is 0.130. The van der Waals surface area contributed by atoms with E-state index in [1.807, 2.05) is 0 Å². The average Bonchev–Trinajstić information content (AvgIpc) is 3.40. The van der Waals surface area contributed by atoms with Crippen molar-refractivity contribution in [3.8, 4) is 0 Å². The molecule has 0 aromatic rings. The predicted molar refractivity (Wildman–Crippen MR) is 116 cm³/mol. The van der Waals surface area contributed by atoms with E-state index in [9.17, 15) is 4.79 Å². The van der Waals surface area contributed by atoms with E-state index in [2.05, 4.69) is 18.7 Å². The maximum absolute atomic E-state index is 11.1. The fraction of sp³-hybridized carbons (Fsp3) is 0.957. The van der Waals surface area contributed by atoms with E-state index >= 15 is 0 Å². The van der Waals surface area contributed by atoms with Crippen LogP contribution in [-0.2, 0) is 9.53 Å². The van der Waals surface area contributed by atoms with E-state index in [0.717, 1.165) is 16.9 Å². The van der Waals surface area contributed by atoms with Gasteiger partial charge in [-0.15, -0.1) is 0 Å². The molecule has 0 aliphatic carbocycles. The summed E-state index contributed by atoms with van der Waals surface area (Å²) in [5.74, 6) is -0.0563. The summed E-state index contributed by atoms with van der Waals surface area (Å²) in [6, 6.07) is 0. The van der Waals surface area contributed by atoms with Crippen molar-refractivity contribution in [2.45, 2.75) is 133 Å². The molecule has 1 heterocycles. The molecular formula is C23H44O2S. The van der Waals surface area contributed by atoms with Crippen LogP contribution in [0.3, 0.4) is 0 Å². The second kappa shape index (κ2) is 17.0. The Morgan fingerprint density at radius 2 is 1.12 bits per heavy atom. The molecule has 154 valence electrons. The molecule has 1 aliphatic rings. The number of methoxy groups -OCH3 is 1. The van der Waals surface area contributed by atoms with E-state index < -0.39 is 0 Å². The lowest BCUT2D eigenvalue weighted by atomic mass is 10.0. The molecule has 1 rings (SSSR count). The lowest BCUT2D eigenvalue weighted by molar-refractivity contribution is -0.140. The van der Waals surface area contributed by atoms with Gasteiger partial charge in [-0.05, 0) is 19.3 Å². The third-order valence-corrected chi connectivity index (χ3v) is 7.14. The van der Waals surface area contributed by atoms with E-state index in [1.54, 1.807) is 0 Å². The molecule has 1 aliphatic heterocycles. The molecule has 0 bridgehead atoms. The maximum Gasteiger partial charge on any atom is 0.305 e. The number of esters is 1. The van der Waals surface area contributed by atoms with Crippen LogP contribution in [0.1, 0.15) is 122 Å². The smallest absolute Gasteiger partial charge is 0.305 e. The van der Waals surface area contributed by atoms with E-state index in [0.29, 0.717) is 6.42 Å². The lowest BCUT2D eigenvalue weighted by Gasteiger charge is -2.03. The van der Waals surface area contributed by atoms with Crippen LogP contribution in [0, 0.1) is 0 Å². The summed E-state index contributed by atoms with van der Waals surface area (Å²) in [4.78, 5) is 11.1. The monoisotopic (exact) mass is 384 g/mol. The summed E-state index contributed by atoms with van der Waals surface area (Å²) in [6.07, 6.45) is 24.3. The zero-order valence-electron chi connectivity index (χ0n) is 17.6. The zero-order chi connectivity index (χ0) is 18.9. The minimum absolute atomic E-state index is 0.0563. The van der Waals surface area contributed by atoms with Gasteiger partial charge >= 0.3 is 5.97 Å². The third-order valence-electron chi connectivity index (χ3n) is 5.63. The van der Waals surface area contributed by atoms with Crippen molar-refractivity contribution in [3.05, 3.63) is 0 Å². The standard InChI is InChI=1S/C23H44O2S/c1-3-4-5-6-7-8-9-10-11-12-13-14-15-16-18-21-22(26-21)19-17-20-23(24)25-2/h21-22H,3-20H2,1-2H3. The Kier molecular flexibility index (Phi) is 15.6. The molecule has 26 heavy (non-hydrogen) atoms. The lowest BCUT2D eigenvalue weighted by Crippen LogP contribution is -2.01. The highest BCUT2D eigenvalue weighted by atomic mass is 32.2. The van der Waals surface area contributed by atoms with E-state index in [-0.39, 0.29) is 5.97 Å². The van der Waals surface area contributed by atoms with Gasteiger partial charge in [0.25, 0.3) is 0 Å². The Hall–Kier alpha value is -0.180. The van der Waals surface area contributed by atoms with Crippen LogP contribution in [0.2, 0.25) is 0 Å². The second-order valence-electron chi connectivity index (χ2n) is 8.07. The van der Waals surface area contributed by atoms with Crippen molar-refractivity contribution in [1.82, 2.24) is 0 Å². The van der Waals surface area contributed by atoms with Crippen LogP contribution in [0.15, 0.2) is 0 Å². The average molecular weight is 385 g/mol. The number of thioether (sulfide) groups is 1. The molecule has 0 amide bonds. The van der Waals surface area contributed by atoms with Crippen LogP contribution in [0.25, 0.3) is 0 Å². The first kappa shape index (κ1) is 23.9. The largest absolute Gasteiger partial charge is 0.469 e. The topological polar surface area (TPSA) is 26.3 Å². The molecule has 0 N–H and O–H groups in total. The Labute approximate surface area is 167 Å². The molecule has 2 atom stereocenters. The van der Waals surface area contributed by atoms with Crippen LogP contribution in [0.5, 0.6) is 0 Å². The summed E-state index contributed by atoms with van der Waals surface area (Å²) in [7, 11) is 1.48. The highest BCUT2D eigenvalue weighted by Gasteiger charge is 2.36. The number of ether oxygens (including phenoxy) is 1. The molecule has 0 saturated carbocycles. The second-order valence-corrected chi connectivity index (χ2v) is 9.55. The summed E-state index contributed by atoms with van der Waals surface area (Å²) < 4.78 is 4.69. The molecule has 1 fully saturated rings. The molecule has 2 nitrogen and oxygen atoms in total. The SMILES string of the molecule is CCCCCCCCCCCCCCCCC1SC1CCCC(=O)OC. The van der Waals surface area contributed by atoms with Gasteiger partial charge < -0.3 is 4.74 Å². The van der Waals surface area contributed by atoms with Gasteiger partial charge in [0.15, 0.2) is 0 Å². The molecular weight excluding hydrogens is 340 g/mol. The van der Waals surface area contributed by atoms with Crippen molar-refractivity contribution in [2.24, 2.45) is 0 Å². The minimum atomic E-state index is -0.0563. The first-order valence-corrected chi connectivity index (χ1v) is 12.4. The van der Waals surface area contributed by atoms with Gasteiger partial charge in [-0.2, -0.15) is 11.8 Å². The molecule has 3 heteroatoms.